The lowest BCUT2D eigenvalue weighted by molar-refractivity contribution is -0.390. The van der Waals surface area contributed by atoms with Crippen molar-refractivity contribution < 1.29 is 72.8 Å². The molecule has 4 N–H and O–H groups in total. The van der Waals surface area contributed by atoms with Crippen molar-refractivity contribution >= 4 is 68.2 Å². The molecule has 16 rings (SSSR count). The number of aliphatic hydroxyl groups excluding tert-OH is 1. The molecule has 0 aliphatic carbocycles. The number of aromatic nitrogens is 3. The minimum Gasteiger partial charge on any atom is -0.497 e. The minimum absolute atomic E-state index is 0.0893. The number of aliphatic hydroxyl groups is 3. The lowest BCUT2D eigenvalue weighted by Gasteiger charge is -2.56. The first-order valence-corrected chi connectivity index (χ1v) is 36.8. The first-order valence-electron chi connectivity index (χ1n) is 36.8. The topological polar surface area (TPSA) is 264 Å². The molecule has 6 amide bonds. The molecule has 1 unspecified atom stereocenters. The number of nitrogens with zero attached hydrogens (tertiary/aromatic N) is 8. The number of carbonyl (C=O) groups is 6. The SMILES string of the molecule is COc1ccc2c3c([nH]c2c1)C(C=C(C)C)N1C(=O)[C@@H]2CCCN2C(=O)[C@@H]1C3.COc1ccc2c3c(n(CC=C(C)C)c2c1)[C@H](C=C(C)C)N1C(=O)[C@@H]2CCCN2C(=O)[C@]1(O)[C@H]3O.COc1ccc2c3c4n(c2c1)[C@@H](C=C(C)C)OOC(C)(C)C[C@@H]4N1C(=O)[C@@H]2CCCN2C(=O)[C@]1(O)[C@H]3OCC=C(C)C. The van der Waals surface area contributed by atoms with Crippen molar-refractivity contribution in [2.45, 2.75) is 219 Å². The largest absolute Gasteiger partial charge is 0.497 e. The van der Waals surface area contributed by atoms with E-state index in [4.69, 9.17) is 28.7 Å². The van der Waals surface area contributed by atoms with Gasteiger partial charge in [-0.25, -0.2) is 9.78 Å². The third-order valence-corrected chi connectivity index (χ3v) is 22.6. The number of methoxy groups -OCH3 is 3. The zero-order chi connectivity index (χ0) is 74.9. The Kier molecular flexibility index (Phi) is 19.0. The molecule has 6 aromatic rings. The number of amides is 6. The van der Waals surface area contributed by atoms with Crippen molar-refractivity contribution in [1.82, 2.24) is 43.5 Å². The predicted octanol–water partition coefficient (Wildman–Crippen LogP) is 11.0. The maximum absolute atomic E-state index is 14.4. The molecule has 558 valence electrons. The molecule has 10 aliphatic heterocycles. The number of carbonyl (C=O) groups excluding carboxylic acids is 6. The van der Waals surface area contributed by atoms with E-state index in [0.29, 0.717) is 86.6 Å². The van der Waals surface area contributed by atoms with Gasteiger partial charge in [0, 0.05) is 95.7 Å². The van der Waals surface area contributed by atoms with Crippen LogP contribution >= 0.6 is 0 Å². The van der Waals surface area contributed by atoms with Crippen LogP contribution < -0.4 is 14.2 Å². The van der Waals surface area contributed by atoms with E-state index in [1.165, 1.54) is 14.7 Å². The summed E-state index contributed by atoms with van der Waals surface area (Å²) in [5.74, 6) is 0.567. The Balaban J connectivity index is 0.000000135. The van der Waals surface area contributed by atoms with Gasteiger partial charge >= 0.3 is 0 Å². The van der Waals surface area contributed by atoms with Gasteiger partial charge in [0.05, 0.1) is 68.5 Å². The number of ether oxygens (including phenoxy) is 4. The molecule has 13 heterocycles. The summed E-state index contributed by atoms with van der Waals surface area (Å²) >= 11 is 0. The highest BCUT2D eigenvalue weighted by molar-refractivity contribution is 6.04. The van der Waals surface area contributed by atoms with Crippen LogP contribution in [0.15, 0.2) is 113 Å². The second-order valence-corrected chi connectivity index (χ2v) is 31.5. The van der Waals surface area contributed by atoms with E-state index >= 15 is 0 Å². The zero-order valence-corrected chi connectivity index (χ0v) is 62.9. The molecule has 0 saturated carbocycles. The Morgan fingerprint density at radius 3 is 1.70 bits per heavy atom. The number of fused-ring (bicyclic) bond motifs is 16. The number of benzene rings is 3. The Morgan fingerprint density at radius 2 is 1.10 bits per heavy atom. The molecule has 3 aromatic carbocycles. The molecule has 0 bridgehead atoms. The van der Waals surface area contributed by atoms with Gasteiger partial charge in [0.25, 0.3) is 23.3 Å². The van der Waals surface area contributed by atoms with Crippen LogP contribution in [0.1, 0.15) is 198 Å². The molecule has 10 aliphatic rings. The van der Waals surface area contributed by atoms with Gasteiger partial charge in [0.15, 0.2) is 6.23 Å². The number of hydrogen-bond donors (Lipinski definition) is 4. The van der Waals surface area contributed by atoms with Gasteiger partial charge in [0.1, 0.15) is 59.2 Å². The second kappa shape index (κ2) is 27.4. The summed E-state index contributed by atoms with van der Waals surface area (Å²) in [6, 6.07) is 13.6. The van der Waals surface area contributed by atoms with Crippen LogP contribution in [0.4, 0.5) is 0 Å². The monoisotopic (exact) mass is 1440 g/mol. The van der Waals surface area contributed by atoms with Gasteiger partial charge in [-0.3, -0.25) is 38.6 Å². The summed E-state index contributed by atoms with van der Waals surface area (Å²) < 4.78 is 27.0. The highest BCUT2D eigenvalue weighted by Gasteiger charge is 2.69. The van der Waals surface area contributed by atoms with Crippen LogP contribution in [0.25, 0.3) is 32.7 Å². The highest BCUT2D eigenvalue weighted by Crippen LogP contribution is 2.58. The Hall–Kier alpha value is -9.04. The zero-order valence-electron chi connectivity index (χ0n) is 62.9. The number of piperazine rings is 3. The van der Waals surface area contributed by atoms with Crippen molar-refractivity contribution in [3.63, 3.8) is 0 Å². The van der Waals surface area contributed by atoms with Crippen molar-refractivity contribution in [2.24, 2.45) is 0 Å². The van der Waals surface area contributed by atoms with Crippen LogP contribution in [0.2, 0.25) is 0 Å². The average Bonchev–Trinajstić information content (AvgIpc) is 1.61. The number of nitrogens with one attached hydrogen (secondary N) is 1. The molecule has 0 radical (unpaired) electrons. The molecule has 24 heteroatoms. The van der Waals surface area contributed by atoms with E-state index in [1.807, 2.05) is 164 Å². The summed E-state index contributed by atoms with van der Waals surface area (Å²) in [6.45, 7) is 25.8. The molecule has 0 spiro atoms. The van der Waals surface area contributed by atoms with Crippen LogP contribution in [-0.2, 0) is 56.2 Å². The molecular weight excluding hydrogens is 1340 g/mol. The van der Waals surface area contributed by atoms with Crippen LogP contribution in [0.3, 0.4) is 0 Å². The maximum atomic E-state index is 14.4. The summed E-state index contributed by atoms with van der Waals surface area (Å²) in [7, 11) is 4.86. The fraction of sp³-hybridized carbons (Fsp3) is 0.506. The predicted molar refractivity (Wildman–Crippen MR) is 393 cm³/mol. The summed E-state index contributed by atoms with van der Waals surface area (Å²) in [5.41, 5.74) is 7.08. The first kappa shape index (κ1) is 72.9. The van der Waals surface area contributed by atoms with Crippen molar-refractivity contribution in [3.8, 4) is 17.2 Å². The summed E-state index contributed by atoms with van der Waals surface area (Å²) in [6.07, 6.45) is 11.5. The number of H-pyrrole nitrogens is 1. The molecule has 12 atom stereocenters. The lowest BCUT2D eigenvalue weighted by Crippen LogP contribution is -2.74. The average molecular weight is 1440 g/mol. The minimum atomic E-state index is -2.38. The standard InChI is InChI=1S/C32H41N3O7.C27H33N3O5.C22H25N3O3/c1-18(2)12-14-40-28-26-21-11-10-20(39-7)16-23(21)34-25(15-19(3)4)41-42-31(5,6)17-24(27(26)34)35-29(36)22-9-8-13-33(22)30(37)32(28,35)38;1-15(2)10-12-28-20-14-17(35-5)8-9-18(20)22-23(28)21(13-16(3)4)30-25(32)19-7-6-11-29(19)26(33)27(30,34)24(22)31;1-12(2)9-18-20-15(14-7-6-13(28-3)10-16(14)23-20)11-19-21(26)24-8-4-5-17(24)22(27)25(18)19/h10-12,15-16,22,24-25,28,38H,8-9,13-14,17H2,1-7H3;8-10,13-14,19,21,24,31,34H,6-7,11-12H2,1-5H3;6-7,9-10,17-19,23H,4-5,8,11H2,1-3H3/t22-,24-,25+,28-,32+;19-,21-,24-,27+;17-,18?,19-/m000/s1. The van der Waals surface area contributed by atoms with Crippen molar-refractivity contribution in [1.29, 1.82) is 0 Å². The lowest BCUT2D eigenvalue weighted by atomic mass is 9.79. The number of allylic oxidation sites excluding steroid dienone is 6. The van der Waals surface area contributed by atoms with Gasteiger partial charge in [0.2, 0.25) is 23.6 Å². The summed E-state index contributed by atoms with van der Waals surface area (Å²) in [5, 5.41) is 39.0. The first-order chi connectivity index (χ1) is 50.0. The van der Waals surface area contributed by atoms with Crippen molar-refractivity contribution in [3.05, 3.63) is 147 Å². The Labute approximate surface area is 611 Å². The van der Waals surface area contributed by atoms with Gasteiger partial charge in [-0.2, -0.15) is 0 Å². The number of hydrogen-bond acceptors (Lipinski definition) is 15. The smallest absolute Gasteiger partial charge is 0.279 e. The molecule has 105 heavy (non-hydrogen) atoms. The summed E-state index contributed by atoms with van der Waals surface area (Å²) in [4.78, 5) is 108. The van der Waals surface area contributed by atoms with Crippen LogP contribution in [0, 0.1) is 0 Å². The van der Waals surface area contributed by atoms with Crippen LogP contribution in [-0.4, -0.2) is 183 Å². The van der Waals surface area contributed by atoms with Crippen LogP contribution in [0.5, 0.6) is 17.2 Å². The fourth-order valence-corrected chi connectivity index (χ4v) is 18.0. The quantitative estimate of drug-likeness (QED) is 0.0694. The van der Waals surface area contributed by atoms with Gasteiger partial charge < -0.3 is 68.0 Å². The van der Waals surface area contributed by atoms with Crippen molar-refractivity contribution in [2.75, 3.05) is 47.6 Å². The normalized spacial score (nSPS) is 28.1. The second-order valence-electron chi connectivity index (χ2n) is 31.5. The van der Waals surface area contributed by atoms with E-state index in [2.05, 4.69) is 21.7 Å². The van der Waals surface area contributed by atoms with Gasteiger partial charge in [-0.1, -0.05) is 52.2 Å². The molecular formula is C81H99N9O15. The molecule has 24 nitrogen and oxygen atoms in total. The maximum Gasteiger partial charge on any atom is 0.279 e. The fourth-order valence-electron chi connectivity index (χ4n) is 18.0. The third kappa shape index (κ3) is 11.8. The molecule has 3 aromatic heterocycles. The third-order valence-electron chi connectivity index (χ3n) is 22.6. The number of rotatable bonds is 11. The van der Waals surface area contributed by atoms with E-state index in [-0.39, 0.29) is 48.7 Å². The molecule has 6 fully saturated rings. The number of aromatic amines is 1. The van der Waals surface area contributed by atoms with Gasteiger partial charge in [-0.15, -0.1) is 0 Å². The van der Waals surface area contributed by atoms with E-state index in [9.17, 15) is 44.1 Å². The van der Waals surface area contributed by atoms with E-state index < -0.39 is 77.5 Å². The Bertz CT molecular complexity index is 4720. The molecule has 6 saturated heterocycles. The van der Waals surface area contributed by atoms with Gasteiger partial charge in [-0.05, 0) is 170 Å². The Morgan fingerprint density at radius 1 is 0.571 bits per heavy atom. The van der Waals surface area contributed by atoms with E-state index in [0.717, 1.165) is 96.1 Å². The van der Waals surface area contributed by atoms with E-state index in [1.54, 1.807) is 32.3 Å². The highest BCUT2D eigenvalue weighted by atomic mass is 17.2.